The second-order valence-corrected chi connectivity index (χ2v) is 14.8. The summed E-state index contributed by atoms with van der Waals surface area (Å²) in [7, 11) is 0. The molecule has 0 radical (unpaired) electrons. The molecule has 1 aromatic rings. The number of benzene rings is 1. The number of hydroxylamine groups is 6. The van der Waals surface area contributed by atoms with Crippen molar-refractivity contribution < 1.29 is 53.9 Å². The molecule has 0 aliphatic rings. The Kier molecular flexibility index (Phi) is 31.9. The highest BCUT2D eigenvalue weighted by atomic mass is 16.5. The molecule has 8 N–H and O–H groups in total. The summed E-state index contributed by atoms with van der Waals surface area (Å²) in [5.41, 5.74) is 9.28. The van der Waals surface area contributed by atoms with Crippen LogP contribution in [0.4, 0.5) is 5.69 Å². The van der Waals surface area contributed by atoms with Gasteiger partial charge in [0.25, 0.3) is 5.91 Å². The lowest BCUT2D eigenvalue weighted by molar-refractivity contribution is -0.166. The van der Waals surface area contributed by atoms with Gasteiger partial charge < -0.3 is 36.5 Å². The topological polar surface area (TPSA) is 308 Å². The SMILES string of the molecule is CC(=O)N(O)CCCCCNC(=O)CCCN(O)CCCCCNC(=O)CCC(=O)N(O)CCCCCNC(=O)CCC(=O)NCCCOCCNC(=O)c1ccc(N=[N+]=[N-])cc1. The van der Waals surface area contributed by atoms with Crippen molar-refractivity contribution in [1.82, 2.24) is 41.8 Å². The van der Waals surface area contributed by atoms with Gasteiger partial charge in [0.05, 0.1) is 6.61 Å². The first-order valence-corrected chi connectivity index (χ1v) is 21.8. The van der Waals surface area contributed by atoms with E-state index in [1.165, 1.54) is 12.0 Å². The Morgan fingerprint density at radius 3 is 1.57 bits per heavy atom. The molecule has 22 nitrogen and oxygen atoms in total. The van der Waals surface area contributed by atoms with E-state index in [9.17, 15) is 49.2 Å². The molecule has 0 saturated heterocycles. The fourth-order valence-corrected chi connectivity index (χ4v) is 5.73. The van der Waals surface area contributed by atoms with Crippen LogP contribution in [0.3, 0.4) is 0 Å². The molecule has 1 rings (SSSR count). The van der Waals surface area contributed by atoms with Gasteiger partial charge in [-0.2, -0.15) is 5.06 Å². The molecule has 0 aliphatic carbocycles. The lowest BCUT2D eigenvalue weighted by atomic mass is 10.2. The van der Waals surface area contributed by atoms with E-state index in [1.807, 2.05) is 0 Å². The molecule has 0 heterocycles. The van der Waals surface area contributed by atoms with Gasteiger partial charge in [-0.25, -0.2) is 10.1 Å². The standard InChI is InChI=1S/C41H69N11O11/c1-33(53)51(61)29-9-3-6-22-43-36(54)13-11-28-50(60)27-8-2-5-23-45-39(57)20-21-40(58)52(62)30-10-4-7-24-44-37(55)18-19-38(56)46-25-12-31-63-32-26-47-41(59)34-14-16-35(17-15-34)48-49-42/h14-17,60-62H,2-13,18-32H2,1H3,(H,43,54)(H,44,55)(H,45,57)(H,46,56)(H,47,59). The molecular formula is C41H69N11O11. The van der Waals surface area contributed by atoms with Crippen molar-refractivity contribution in [3.63, 3.8) is 0 Å². The number of amides is 7. The summed E-state index contributed by atoms with van der Waals surface area (Å²) >= 11 is 0. The van der Waals surface area contributed by atoms with Gasteiger partial charge in [0.2, 0.25) is 35.4 Å². The van der Waals surface area contributed by atoms with Crippen molar-refractivity contribution >= 4 is 47.0 Å². The van der Waals surface area contributed by atoms with E-state index in [-0.39, 0.29) is 68.3 Å². The number of unbranched alkanes of at least 4 members (excludes halogenated alkanes) is 6. The third kappa shape index (κ3) is 31.2. The van der Waals surface area contributed by atoms with Gasteiger partial charge in [-0.1, -0.05) is 23.7 Å². The third-order valence-corrected chi connectivity index (χ3v) is 9.38. The maximum Gasteiger partial charge on any atom is 0.251 e. The van der Waals surface area contributed by atoms with E-state index < -0.39 is 11.8 Å². The fourth-order valence-electron chi connectivity index (χ4n) is 5.73. The van der Waals surface area contributed by atoms with E-state index in [4.69, 9.17) is 10.3 Å². The normalized spacial score (nSPS) is 10.7. The average molecular weight is 892 g/mol. The molecule has 354 valence electrons. The van der Waals surface area contributed by atoms with Crippen LogP contribution in [-0.2, 0) is 33.5 Å². The number of rotatable bonds is 37. The van der Waals surface area contributed by atoms with Gasteiger partial charge >= 0.3 is 0 Å². The number of azide groups is 1. The molecule has 7 amide bonds. The lowest BCUT2D eigenvalue weighted by Crippen LogP contribution is -2.31. The van der Waals surface area contributed by atoms with Crippen LogP contribution >= 0.6 is 0 Å². The van der Waals surface area contributed by atoms with Crippen LogP contribution in [0.15, 0.2) is 29.4 Å². The Labute approximate surface area is 369 Å². The van der Waals surface area contributed by atoms with E-state index >= 15 is 0 Å². The van der Waals surface area contributed by atoms with Gasteiger partial charge in [-0.05, 0) is 81.9 Å². The summed E-state index contributed by atoms with van der Waals surface area (Å²) in [6, 6.07) is 6.20. The molecule has 0 aromatic heterocycles. The van der Waals surface area contributed by atoms with Crippen molar-refractivity contribution in [2.24, 2.45) is 5.11 Å². The first kappa shape index (κ1) is 55.6. The summed E-state index contributed by atoms with van der Waals surface area (Å²) in [6.07, 6.45) is 7.30. The number of hydrogen-bond acceptors (Lipinski definition) is 13. The van der Waals surface area contributed by atoms with Crippen LogP contribution in [0.1, 0.15) is 120 Å². The zero-order chi connectivity index (χ0) is 46.5. The summed E-state index contributed by atoms with van der Waals surface area (Å²) < 4.78 is 5.47. The van der Waals surface area contributed by atoms with Crippen molar-refractivity contribution in [3.05, 3.63) is 40.3 Å². The van der Waals surface area contributed by atoms with Crippen molar-refractivity contribution in [2.75, 3.05) is 72.1 Å². The first-order valence-electron chi connectivity index (χ1n) is 21.8. The Morgan fingerprint density at radius 2 is 1.03 bits per heavy atom. The first-order chi connectivity index (χ1) is 30.3. The maximum atomic E-state index is 12.2. The second kappa shape index (κ2) is 36.1. The zero-order valence-electron chi connectivity index (χ0n) is 36.7. The number of nitrogens with zero attached hydrogens (tertiary/aromatic N) is 6. The summed E-state index contributed by atoms with van der Waals surface area (Å²) in [5.74, 6) is -2.15. The Hall–Kier alpha value is -5.38. The van der Waals surface area contributed by atoms with Crippen LogP contribution in [-0.4, -0.2) is 144 Å². The number of carbonyl (C=O) groups excluding carboxylic acids is 7. The average Bonchev–Trinajstić information content (AvgIpc) is 3.26. The monoisotopic (exact) mass is 892 g/mol. The lowest BCUT2D eigenvalue weighted by Gasteiger charge is -2.15. The van der Waals surface area contributed by atoms with Crippen LogP contribution in [0, 0.1) is 0 Å². The van der Waals surface area contributed by atoms with Crippen LogP contribution in [0.2, 0.25) is 0 Å². The number of nitrogens with one attached hydrogen (secondary N) is 5. The molecule has 63 heavy (non-hydrogen) atoms. The molecule has 0 aliphatic heterocycles. The Balaban J connectivity index is 1.93. The molecule has 0 atom stereocenters. The Morgan fingerprint density at radius 1 is 0.556 bits per heavy atom. The number of carbonyl (C=O) groups is 7. The van der Waals surface area contributed by atoms with Crippen LogP contribution in [0.25, 0.3) is 10.4 Å². The fraction of sp³-hybridized carbons (Fsp3) is 0.683. The second-order valence-electron chi connectivity index (χ2n) is 14.8. The van der Waals surface area contributed by atoms with Crippen LogP contribution < -0.4 is 26.6 Å². The van der Waals surface area contributed by atoms with E-state index in [1.54, 1.807) is 24.3 Å². The predicted octanol–water partition coefficient (Wildman–Crippen LogP) is 3.23. The predicted molar refractivity (Wildman–Crippen MR) is 230 cm³/mol. The minimum absolute atomic E-state index is 0.0395. The zero-order valence-corrected chi connectivity index (χ0v) is 36.7. The molecular weight excluding hydrogens is 823 g/mol. The molecule has 22 heteroatoms. The summed E-state index contributed by atoms with van der Waals surface area (Å²) in [5, 5.41) is 49.1. The summed E-state index contributed by atoms with van der Waals surface area (Å²) in [4.78, 5) is 86.2. The van der Waals surface area contributed by atoms with E-state index in [2.05, 4.69) is 36.6 Å². The molecule has 0 unspecified atom stereocenters. The third-order valence-electron chi connectivity index (χ3n) is 9.38. The van der Waals surface area contributed by atoms with E-state index in [0.717, 1.165) is 19.3 Å². The van der Waals surface area contributed by atoms with Gasteiger partial charge in [-0.3, -0.25) is 44.0 Å². The Bertz CT molecular complexity index is 1560. The van der Waals surface area contributed by atoms with Crippen molar-refractivity contribution in [3.8, 4) is 0 Å². The highest BCUT2D eigenvalue weighted by molar-refractivity contribution is 5.94. The molecule has 0 saturated carbocycles. The van der Waals surface area contributed by atoms with Crippen LogP contribution in [0.5, 0.6) is 0 Å². The maximum absolute atomic E-state index is 12.2. The highest BCUT2D eigenvalue weighted by Gasteiger charge is 2.14. The smallest absolute Gasteiger partial charge is 0.251 e. The van der Waals surface area contributed by atoms with Gasteiger partial charge in [-0.15, -0.1) is 0 Å². The quantitative estimate of drug-likeness (QED) is 0.0119. The molecule has 1 aromatic carbocycles. The molecule has 0 fully saturated rings. The minimum atomic E-state index is -0.558. The largest absolute Gasteiger partial charge is 0.380 e. The molecule has 0 spiro atoms. The number of hydrogen-bond donors (Lipinski definition) is 8. The van der Waals surface area contributed by atoms with Gasteiger partial charge in [0.15, 0.2) is 0 Å². The van der Waals surface area contributed by atoms with Crippen molar-refractivity contribution in [2.45, 2.75) is 110 Å². The van der Waals surface area contributed by atoms with Crippen molar-refractivity contribution in [1.29, 1.82) is 0 Å². The number of ether oxygens (including phenoxy) is 1. The van der Waals surface area contributed by atoms with Gasteiger partial charge in [0, 0.05) is 121 Å². The minimum Gasteiger partial charge on any atom is -0.380 e. The van der Waals surface area contributed by atoms with Gasteiger partial charge in [0.1, 0.15) is 0 Å². The molecule has 0 bridgehead atoms. The summed E-state index contributed by atoms with van der Waals surface area (Å²) in [6.45, 7) is 5.11. The van der Waals surface area contributed by atoms with E-state index in [0.29, 0.717) is 138 Å². The highest BCUT2D eigenvalue weighted by Crippen LogP contribution is 2.13.